The Kier molecular flexibility index (Phi) is 4.62. The van der Waals surface area contributed by atoms with Crippen molar-refractivity contribution in [3.8, 4) is 6.07 Å². The summed E-state index contributed by atoms with van der Waals surface area (Å²) in [6.45, 7) is 0.948. The van der Waals surface area contributed by atoms with Gasteiger partial charge in [-0.2, -0.15) is 5.26 Å². The van der Waals surface area contributed by atoms with Crippen LogP contribution in [-0.4, -0.2) is 36.1 Å². The van der Waals surface area contributed by atoms with Gasteiger partial charge in [0.15, 0.2) is 0 Å². The molecule has 128 valence electrons. The number of pyridine rings is 1. The van der Waals surface area contributed by atoms with E-state index in [1.54, 1.807) is 30.3 Å². The predicted octanol–water partition coefficient (Wildman–Crippen LogP) is 2.06. The number of nitriles is 1. The standard InChI is InChI=1S/C18H17ClN4O2/c1-21-17(24)15-3-2-4-16(22-15)18(25)7-8-23(11-18)13-6-5-12(10-20)14(19)9-13/h2-6,9,25H,7-8,11H2,1H3,(H,21,24)/t18-/m0/s1. The molecule has 1 atom stereocenters. The molecule has 0 saturated carbocycles. The molecule has 1 fully saturated rings. The first-order chi connectivity index (χ1) is 12.0. The third-order valence-electron chi connectivity index (χ3n) is 4.37. The molecule has 7 heteroatoms. The lowest BCUT2D eigenvalue weighted by atomic mass is 9.98. The molecule has 1 aromatic carbocycles. The highest BCUT2D eigenvalue weighted by atomic mass is 35.5. The summed E-state index contributed by atoms with van der Waals surface area (Å²) < 4.78 is 0. The number of carbonyl (C=O) groups is 1. The van der Waals surface area contributed by atoms with E-state index in [4.69, 9.17) is 16.9 Å². The Morgan fingerprint density at radius 2 is 2.24 bits per heavy atom. The van der Waals surface area contributed by atoms with Crippen LogP contribution in [0.15, 0.2) is 36.4 Å². The van der Waals surface area contributed by atoms with E-state index in [1.807, 2.05) is 17.0 Å². The lowest BCUT2D eigenvalue weighted by Crippen LogP contribution is -2.32. The Hall–Kier alpha value is -2.62. The molecule has 1 amide bonds. The number of aromatic nitrogens is 1. The van der Waals surface area contributed by atoms with Crippen LogP contribution in [0.1, 0.15) is 28.2 Å². The van der Waals surface area contributed by atoms with Crippen molar-refractivity contribution in [2.24, 2.45) is 0 Å². The van der Waals surface area contributed by atoms with Crippen molar-refractivity contribution in [1.82, 2.24) is 10.3 Å². The SMILES string of the molecule is CNC(=O)c1cccc([C@]2(O)CCN(c3ccc(C#N)c(Cl)c3)C2)n1. The van der Waals surface area contributed by atoms with Gasteiger partial charge in [-0.05, 0) is 30.3 Å². The fourth-order valence-corrected chi connectivity index (χ4v) is 3.18. The summed E-state index contributed by atoms with van der Waals surface area (Å²) in [5.41, 5.74) is 0.844. The van der Waals surface area contributed by atoms with Crippen LogP contribution >= 0.6 is 11.6 Å². The number of hydrogen-bond acceptors (Lipinski definition) is 5. The highest BCUT2D eigenvalue weighted by Crippen LogP contribution is 2.35. The predicted molar refractivity (Wildman–Crippen MR) is 94.5 cm³/mol. The van der Waals surface area contributed by atoms with Crippen molar-refractivity contribution in [2.45, 2.75) is 12.0 Å². The van der Waals surface area contributed by atoms with E-state index in [2.05, 4.69) is 10.3 Å². The maximum Gasteiger partial charge on any atom is 0.269 e. The van der Waals surface area contributed by atoms with Crippen molar-refractivity contribution in [3.05, 3.63) is 58.4 Å². The topological polar surface area (TPSA) is 89.2 Å². The first-order valence-corrected chi connectivity index (χ1v) is 8.21. The van der Waals surface area contributed by atoms with Gasteiger partial charge in [0.1, 0.15) is 17.4 Å². The van der Waals surface area contributed by atoms with E-state index in [0.717, 1.165) is 5.69 Å². The van der Waals surface area contributed by atoms with Gasteiger partial charge in [0.05, 0.1) is 22.8 Å². The molecule has 2 heterocycles. The minimum atomic E-state index is -1.15. The molecule has 1 aromatic heterocycles. The number of anilines is 1. The second-order valence-corrected chi connectivity index (χ2v) is 6.37. The van der Waals surface area contributed by atoms with Gasteiger partial charge in [-0.25, -0.2) is 4.98 Å². The fraction of sp³-hybridized carbons (Fsp3) is 0.278. The maximum absolute atomic E-state index is 11.8. The molecule has 2 N–H and O–H groups in total. The largest absolute Gasteiger partial charge is 0.382 e. The Morgan fingerprint density at radius 3 is 2.92 bits per heavy atom. The maximum atomic E-state index is 11.8. The van der Waals surface area contributed by atoms with Crippen LogP contribution in [0.3, 0.4) is 0 Å². The van der Waals surface area contributed by atoms with Crippen LogP contribution < -0.4 is 10.2 Å². The molecule has 1 aliphatic heterocycles. The highest BCUT2D eigenvalue weighted by molar-refractivity contribution is 6.32. The van der Waals surface area contributed by atoms with Gasteiger partial charge < -0.3 is 15.3 Å². The molecule has 0 aliphatic carbocycles. The van der Waals surface area contributed by atoms with Gasteiger partial charge in [-0.15, -0.1) is 0 Å². The van der Waals surface area contributed by atoms with Crippen molar-refractivity contribution in [1.29, 1.82) is 5.26 Å². The van der Waals surface area contributed by atoms with E-state index in [1.165, 1.54) is 7.05 Å². The number of carbonyl (C=O) groups excluding carboxylic acids is 1. The van der Waals surface area contributed by atoms with E-state index in [-0.39, 0.29) is 11.6 Å². The zero-order chi connectivity index (χ0) is 18.0. The number of nitrogens with zero attached hydrogens (tertiary/aromatic N) is 3. The third-order valence-corrected chi connectivity index (χ3v) is 4.68. The number of β-amino-alcohol motifs (C(OH)–C–C–N with tert-alkyl or cyclic N) is 1. The van der Waals surface area contributed by atoms with Gasteiger partial charge >= 0.3 is 0 Å². The Morgan fingerprint density at radius 1 is 1.44 bits per heavy atom. The summed E-state index contributed by atoms with van der Waals surface area (Å²) in [5, 5.41) is 22.9. The molecular weight excluding hydrogens is 340 g/mol. The van der Waals surface area contributed by atoms with Gasteiger partial charge in [0, 0.05) is 25.7 Å². The van der Waals surface area contributed by atoms with Gasteiger partial charge in [-0.3, -0.25) is 4.79 Å². The van der Waals surface area contributed by atoms with Crippen molar-refractivity contribution < 1.29 is 9.90 Å². The number of aliphatic hydroxyl groups is 1. The van der Waals surface area contributed by atoms with Crippen molar-refractivity contribution in [2.75, 3.05) is 25.0 Å². The third kappa shape index (κ3) is 3.29. The summed E-state index contributed by atoms with van der Waals surface area (Å²) in [5.74, 6) is -0.292. The summed E-state index contributed by atoms with van der Waals surface area (Å²) >= 11 is 6.10. The summed E-state index contributed by atoms with van der Waals surface area (Å²) in [6, 6.07) is 12.3. The minimum absolute atomic E-state index is 0.272. The van der Waals surface area contributed by atoms with E-state index >= 15 is 0 Å². The van der Waals surface area contributed by atoms with Crippen molar-refractivity contribution >= 4 is 23.2 Å². The van der Waals surface area contributed by atoms with Crippen molar-refractivity contribution in [3.63, 3.8) is 0 Å². The number of hydrogen-bond donors (Lipinski definition) is 2. The number of benzene rings is 1. The highest BCUT2D eigenvalue weighted by Gasteiger charge is 2.39. The zero-order valence-electron chi connectivity index (χ0n) is 13.7. The molecule has 0 spiro atoms. The first-order valence-electron chi connectivity index (χ1n) is 7.83. The van der Waals surface area contributed by atoms with E-state index < -0.39 is 5.60 Å². The fourth-order valence-electron chi connectivity index (χ4n) is 2.96. The van der Waals surface area contributed by atoms with Gasteiger partial charge in [-0.1, -0.05) is 17.7 Å². The average molecular weight is 357 g/mol. The molecule has 0 bridgehead atoms. The second-order valence-electron chi connectivity index (χ2n) is 5.97. The van der Waals surface area contributed by atoms with Crippen LogP contribution in [0.5, 0.6) is 0 Å². The lowest BCUT2D eigenvalue weighted by Gasteiger charge is -2.24. The number of amides is 1. The molecule has 6 nitrogen and oxygen atoms in total. The summed E-state index contributed by atoms with van der Waals surface area (Å²) in [7, 11) is 1.54. The van der Waals surface area contributed by atoms with E-state index in [0.29, 0.717) is 35.8 Å². The minimum Gasteiger partial charge on any atom is -0.382 e. The Bertz CT molecular complexity index is 864. The van der Waals surface area contributed by atoms with Crippen LogP contribution in [0.25, 0.3) is 0 Å². The first kappa shape index (κ1) is 17.2. The average Bonchev–Trinajstić information content (AvgIpc) is 3.04. The normalized spacial score (nSPS) is 19.5. The Labute approximate surface area is 150 Å². The molecule has 2 aromatic rings. The quantitative estimate of drug-likeness (QED) is 0.878. The van der Waals surface area contributed by atoms with Crippen LogP contribution in [-0.2, 0) is 5.60 Å². The molecule has 25 heavy (non-hydrogen) atoms. The smallest absolute Gasteiger partial charge is 0.269 e. The second kappa shape index (κ2) is 6.71. The molecule has 0 unspecified atom stereocenters. The molecule has 0 radical (unpaired) electrons. The summed E-state index contributed by atoms with van der Waals surface area (Å²) in [4.78, 5) is 18.1. The zero-order valence-corrected chi connectivity index (χ0v) is 14.4. The lowest BCUT2D eigenvalue weighted by molar-refractivity contribution is 0.0558. The molecule has 3 rings (SSSR count). The molecular formula is C18H17ClN4O2. The van der Waals surface area contributed by atoms with Crippen LogP contribution in [0.2, 0.25) is 5.02 Å². The monoisotopic (exact) mass is 356 g/mol. The summed E-state index contributed by atoms with van der Waals surface area (Å²) in [6.07, 6.45) is 0.481. The number of nitrogens with one attached hydrogen (secondary N) is 1. The number of halogens is 1. The van der Waals surface area contributed by atoms with Crippen LogP contribution in [0.4, 0.5) is 5.69 Å². The Balaban J connectivity index is 1.85. The number of rotatable bonds is 3. The molecule has 1 aliphatic rings. The van der Waals surface area contributed by atoms with Crippen LogP contribution in [0, 0.1) is 11.3 Å². The van der Waals surface area contributed by atoms with E-state index in [9.17, 15) is 9.90 Å². The molecule has 1 saturated heterocycles. The van der Waals surface area contributed by atoms with Gasteiger partial charge in [0.25, 0.3) is 5.91 Å². The van der Waals surface area contributed by atoms with Gasteiger partial charge in [0.2, 0.25) is 0 Å².